The standard InChI is InChI=1S/C17H20ClNO/c1-3-13-4-7-15(8-5-13)12(2)19-11-14-6-9-17(20)16(18)10-14/h4-10,12,19-20H,3,11H2,1-2H3. The normalized spacial score (nSPS) is 12.3. The first-order valence-electron chi connectivity index (χ1n) is 6.89. The van der Waals surface area contributed by atoms with E-state index in [9.17, 15) is 5.11 Å². The van der Waals surface area contributed by atoms with Gasteiger partial charge >= 0.3 is 0 Å². The Bertz CT molecular complexity index is 566. The summed E-state index contributed by atoms with van der Waals surface area (Å²) in [7, 11) is 0. The Morgan fingerprint density at radius 3 is 2.35 bits per heavy atom. The Morgan fingerprint density at radius 2 is 1.75 bits per heavy atom. The fraction of sp³-hybridized carbons (Fsp3) is 0.294. The molecule has 0 heterocycles. The number of rotatable bonds is 5. The number of benzene rings is 2. The molecule has 0 aliphatic heterocycles. The van der Waals surface area contributed by atoms with Crippen LogP contribution >= 0.6 is 11.6 Å². The van der Waals surface area contributed by atoms with Crippen LogP contribution in [0.1, 0.15) is 36.6 Å². The third-order valence-electron chi connectivity index (χ3n) is 3.51. The fourth-order valence-corrected chi connectivity index (χ4v) is 2.29. The van der Waals surface area contributed by atoms with Gasteiger partial charge in [0, 0.05) is 12.6 Å². The summed E-state index contributed by atoms with van der Waals surface area (Å²) >= 11 is 5.90. The summed E-state index contributed by atoms with van der Waals surface area (Å²) in [5.74, 6) is 0.124. The summed E-state index contributed by atoms with van der Waals surface area (Å²) in [6.45, 7) is 5.02. The van der Waals surface area contributed by atoms with Gasteiger partial charge in [-0.3, -0.25) is 0 Å². The molecule has 0 aliphatic rings. The molecule has 2 nitrogen and oxygen atoms in total. The van der Waals surface area contributed by atoms with Crippen LogP contribution in [0.2, 0.25) is 5.02 Å². The average Bonchev–Trinajstić information content (AvgIpc) is 2.48. The topological polar surface area (TPSA) is 32.3 Å². The molecule has 0 radical (unpaired) electrons. The third kappa shape index (κ3) is 3.75. The molecule has 0 spiro atoms. The van der Waals surface area contributed by atoms with Gasteiger partial charge in [0.05, 0.1) is 5.02 Å². The van der Waals surface area contributed by atoms with E-state index in [-0.39, 0.29) is 11.8 Å². The Labute approximate surface area is 125 Å². The second kappa shape index (κ2) is 6.78. The number of phenols is 1. The maximum Gasteiger partial charge on any atom is 0.134 e. The Kier molecular flexibility index (Phi) is 5.05. The first-order valence-corrected chi connectivity index (χ1v) is 7.27. The van der Waals surface area contributed by atoms with Gasteiger partial charge in [-0.05, 0) is 42.2 Å². The van der Waals surface area contributed by atoms with Crippen LogP contribution in [-0.4, -0.2) is 5.11 Å². The minimum absolute atomic E-state index is 0.124. The van der Waals surface area contributed by atoms with Gasteiger partial charge in [0.1, 0.15) is 5.75 Å². The van der Waals surface area contributed by atoms with Crippen molar-refractivity contribution in [3.8, 4) is 5.75 Å². The van der Waals surface area contributed by atoms with E-state index in [1.54, 1.807) is 12.1 Å². The summed E-state index contributed by atoms with van der Waals surface area (Å²) in [6, 6.07) is 14.2. The number of nitrogens with one attached hydrogen (secondary N) is 1. The van der Waals surface area contributed by atoms with Gasteiger partial charge in [0.25, 0.3) is 0 Å². The predicted molar refractivity (Wildman–Crippen MR) is 84.2 cm³/mol. The monoisotopic (exact) mass is 289 g/mol. The van der Waals surface area contributed by atoms with Crippen molar-refractivity contribution in [3.63, 3.8) is 0 Å². The predicted octanol–water partition coefficient (Wildman–Crippen LogP) is 4.46. The quantitative estimate of drug-likeness (QED) is 0.852. The van der Waals surface area contributed by atoms with E-state index < -0.39 is 0 Å². The SMILES string of the molecule is CCc1ccc(C(C)NCc2ccc(O)c(Cl)c2)cc1. The van der Waals surface area contributed by atoms with E-state index in [4.69, 9.17) is 11.6 Å². The van der Waals surface area contributed by atoms with Gasteiger partial charge in [0.2, 0.25) is 0 Å². The first kappa shape index (κ1) is 14.9. The molecule has 0 bridgehead atoms. The maximum atomic E-state index is 9.40. The van der Waals surface area contributed by atoms with Gasteiger partial charge in [-0.15, -0.1) is 0 Å². The second-order valence-electron chi connectivity index (χ2n) is 4.98. The summed E-state index contributed by atoms with van der Waals surface area (Å²) in [5.41, 5.74) is 3.68. The summed E-state index contributed by atoms with van der Waals surface area (Å²) in [4.78, 5) is 0. The molecule has 106 valence electrons. The van der Waals surface area contributed by atoms with E-state index >= 15 is 0 Å². The molecular formula is C17H20ClNO. The van der Waals surface area contributed by atoms with Gasteiger partial charge in [-0.25, -0.2) is 0 Å². The minimum Gasteiger partial charge on any atom is -0.506 e. The highest BCUT2D eigenvalue weighted by Crippen LogP contribution is 2.24. The Balaban J connectivity index is 1.96. The van der Waals surface area contributed by atoms with Crippen LogP contribution in [0.25, 0.3) is 0 Å². The van der Waals surface area contributed by atoms with Gasteiger partial charge in [0.15, 0.2) is 0 Å². The van der Waals surface area contributed by atoms with Crippen molar-refractivity contribution in [1.82, 2.24) is 5.32 Å². The zero-order valence-electron chi connectivity index (χ0n) is 11.9. The van der Waals surface area contributed by atoms with Crippen LogP contribution in [0.5, 0.6) is 5.75 Å². The van der Waals surface area contributed by atoms with Crippen LogP contribution in [0.3, 0.4) is 0 Å². The van der Waals surface area contributed by atoms with Crippen molar-refractivity contribution in [3.05, 3.63) is 64.2 Å². The van der Waals surface area contributed by atoms with Crippen LogP contribution in [0, 0.1) is 0 Å². The smallest absolute Gasteiger partial charge is 0.134 e. The van der Waals surface area contributed by atoms with Crippen molar-refractivity contribution < 1.29 is 5.11 Å². The largest absolute Gasteiger partial charge is 0.506 e. The first-order chi connectivity index (χ1) is 9.60. The Hall–Kier alpha value is -1.51. The molecule has 1 atom stereocenters. The van der Waals surface area contributed by atoms with Crippen molar-refractivity contribution in [1.29, 1.82) is 0 Å². The number of hydrogen-bond acceptors (Lipinski definition) is 2. The lowest BCUT2D eigenvalue weighted by atomic mass is 10.0. The molecule has 0 saturated carbocycles. The van der Waals surface area contributed by atoms with Gasteiger partial charge in [-0.1, -0.05) is 48.9 Å². The van der Waals surface area contributed by atoms with Crippen LogP contribution in [0.15, 0.2) is 42.5 Å². The molecule has 0 aromatic heterocycles. The zero-order chi connectivity index (χ0) is 14.5. The molecule has 3 heteroatoms. The fourth-order valence-electron chi connectivity index (χ4n) is 2.09. The van der Waals surface area contributed by atoms with Gasteiger partial charge < -0.3 is 10.4 Å². The Morgan fingerprint density at radius 1 is 1.10 bits per heavy atom. The molecule has 0 fully saturated rings. The van der Waals surface area contributed by atoms with Crippen LogP contribution in [0.4, 0.5) is 0 Å². The molecular weight excluding hydrogens is 270 g/mol. The van der Waals surface area contributed by atoms with E-state index in [0.29, 0.717) is 5.02 Å². The van der Waals surface area contributed by atoms with E-state index in [0.717, 1.165) is 18.5 Å². The van der Waals surface area contributed by atoms with Crippen LogP contribution < -0.4 is 5.32 Å². The molecule has 0 amide bonds. The number of hydrogen-bond donors (Lipinski definition) is 2. The lowest BCUT2D eigenvalue weighted by molar-refractivity contribution is 0.475. The summed E-state index contributed by atoms with van der Waals surface area (Å²) < 4.78 is 0. The number of phenolic OH excluding ortho intramolecular Hbond substituents is 1. The third-order valence-corrected chi connectivity index (χ3v) is 3.82. The van der Waals surface area contributed by atoms with Gasteiger partial charge in [-0.2, -0.15) is 0 Å². The number of aromatic hydroxyl groups is 1. The van der Waals surface area contributed by atoms with Crippen molar-refractivity contribution in [2.45, 2.75) is 32.9 Å². The minimum atomic E-state index is 0.124. The average molecular weight is 290 g/mol. The lowest BCUT2D eigenvalue weighted by Gasteiger charge is -2.15. The molecule has 2 aromatic carbocycles. The summed E-state index contributed by atoms with van der Waals surface area (Å²) in [5, 5.41) is 13.2. The number of halogens is 1. The van der Waals surface area contributed by atoms with Crippen molar-refractivity contribution >= 4 is 11.6 Å². The second-order valence-corrected chi connectivity index (χ2v) is 5.39. The molecule has 0 saturated heterocycles. The molecule has 20 heavy (non-hydrogen) atoms. The summed E-state index contributed by atoms with van der Waals surface area (Å²) in [6.07, 6.45) is 1.06. The molecule has 2 aromatic rings. The molecule has 0 aliphatic carbocycles. The maximum absolute atomic E-state index is 9.40. The molecule has 2 N–H and O–H groups in total. The van der Waals surface area contributed by atoms with E-state index in [1.165, 1.54) is 11.1 Å². The van der Waals surface area contributed by atoms with Crippen LogP contribution in [-0.2, 0) is 13.0 Å². The highest BCUT2D eigenvalue weighted by molar-refractivity contribution is 6.32. The van der Waals surface area contributed by atoms with E-state index in [2.05, 4.69) is 43.4 Å². The zero-order valence-corrected chi connectivity index (χ0v) is 12.6. The van der Waals surface area contributed by atoms with Crippen molar-refractivity contribution in [2.75, 3.05) is 0 Å². The highest BCUT2D eigenvalue weighted by atomic mass is 35.5. The number of aryl methyl sites for hydroxylation is 1. The highest BCUT2D eigenvalue weighted by Gasteiger charge is 2.06. The van der Waals surface area contributed by atoms with Crippen molar-refractivity contribution in [2.24, 2.45) is 0 Å². The molecule has 1 unspecified atom stereocenters. The molecule has 2 rings (SSSR count). The van der Waals surface area contributed by atoms with E-state index in [1.807, 2.05) is 6.07 Å². The lowest BCUT2D eigenvalue weighted by Crippen LogP contribution is -2.18.